The second-order valence-electron chi connectivity index (χ2n) is 4.52. The molecule has 2 aromatic carbocycles. The number of benzene rings is 2. The van der Waals surface area contributed by atoms with Gasteiger partial charge in [0.15, 0.2) is 0 Å². The van der Waals surface area contributed by atoms with Gasteiger partial charge in [-0.2, -0.15) is 4.98 Å². The summed E-state index contributed by atoms with van der Waals surface area (Å²) in [6.07, 6.45) is 0. The Morgan fingerprint density at radius 1 is 1.05 bits per heavy atom. The van der Waals surface area contributed by atoms with E-state index in [2.05, 4.69) is 10.1 Å². The van der Waals surface area contributed by atoms with Crippen molar-refractivity contribution in [1.29, 1.82) is 0 Å². The van der Waals surface area contributed by atoms with Gasteiger partial charge in [-0.15, -0.1) is 0 Å². The molecule has 1 heterocycles. The Balaban J connectivity index is 1.74. The lowest BCUT2D eigenvalue weighted by atomic mass is 10.2. The monoisotopic (exact) mass is 281 g/mol. The number of ether oxygens (including phenoxy) is 1. The highest BCUT2D eigenvalue weighted by Crippen LogP contribution is 2.22. The predicted molar refractivity (Wildman–Crippen MR) is 78.4 cm³/mol. The van der Waals surface area contributed by atoms with Gasteiger partial charge in [0.05, 0.1) is 6.54 Å². The quantitative estimate of drug-likeness (QED) is 0.778. The first-order chi connectivity index (χ1) is 10.3. The molecule has 5 heteroatoms. The Morgan fingerprint density at radius 2 is 1.90 bits per heavy atom. The van der Waals surface area contributed by atoms with Crippen LogP contribution in [0.1, 0.15) is 11.5 Å². The Hall–Kier alpha value is -2.66. The Bertz CT molecular complexity index is 710. The summed E-state index contributed by atoms with van der Waals surface area (Å²) in [6.45, 7) is 0.752. The minimum atomic E-state index is 0.233. The second kappa shape index (κ2) is 6.19. The van der Waals surface area contributed by atoms with Gasteiger partial charge >= 0.3 is 0 Å². The topological polar surface area (TPSA) is 74.2 Å². The molecule has 0 aliphatic rings. The average Bonchev–Trinajstić information content (AvgIpc) is 3.03. The van der Waals surface area contributed by atoms with Crippen molar-refractivity contribution in [2.75, 3.05) is 0 Å². The van der Waals surface area contributed by atoms with Gasteiger partial charge in [-0.25, -0.2) is 0 Å². The molecule has 21 heavy (non-hydrogen) atoms. The third-order valence-electron chi connectivity index (χ3n) is 2.98. The van der Waals surface area contributed by atoms with Crippen LogP contribution in [0.4, 0.5) is 0 Å². The lowest BCUT2D eigenvalue weighted by molar-refractivity contribution is 0.306. The zero-order chi connectivity index (χ0) is 14.5. The molecule has 0 bridgehead atoms. The highest BCUT2D eigenvalue weighted by atomic mass is 16.5. The molecule has 0 unspecified atom stereocenters. The fourth-order valence-electron chi connectivity index (χ4n) is 1.92. The minimum absolute atomic E-state index is 0.233. The van der Waals surface area contributed by atoms with E-state index in [4.69, 9.17) is 15.0 Å². The third kappa shape index (κ3) is 3.27. The van der Waals surface area contributed by atoms with E-state index in [9.17, 15) is 0 Å². The van der Waals surface area contributed by atoms with Crippen LogP contribution in [0.15, 0.2) is 59.1 Å². The smallest absolute Gasteiger partial charge is 0.240 e. The zero-order valence-corrected chi connectivity index (χ0v) is 11.4. The predicted octanol–water partition coefficient (Wildman–Crippen LogP) is 2.77. The van der Waals surface area contributed by atoms with Crippen LogP contribution in [0, 0.1) is 0 Å². The molecule has 0 saturated heterocycles. The molecule has 2 N–H and O–H groups in total. The van der Waals surface area contributed by atoms with Gasteiger partial charge in [0.2, 0.25) is 11.7 Å². The molecule has 0 atom stereocenters. The first kappa shape index (κ1) is 13.3. The van der Waals surface area contributed by atoms with Crippen molar-refractivity contribution >= 4 is 0 Å². The standard InChI is InChI=1S/C16H15N3O2/c17-10-15-18-16(19-21-15)13-7-4-8-14(9-13)20-11-12-5-2-1-3-6-12/h1-9H,10-11,17H2. The summed E-state index contributed by atoms with van der Waals surface area (Å²) in [5.41, 5.74) is 7.42. The van der Waals surface area contributed by atoms with Crippen molar-refractivity contribution < 1.29 is 9.26 Å². The van der Waals surface area contributed by atoms with Crippen LogP contribution in [0.3, 0.4) is 0 Å². The first-order valence-corrected chi connectivity index (χ1v) is 6.65. The minimum Gasteiger partial charge on any atom is -0.489 e. The van der Waals surface area contributed by atoms with E-state index < -0.39 is 0 Å². The second-order valence-corrected chi connectivity index (χ2v) is 4.52. The summed E-state index contributed by atoms with van der Waals surface area (Å²) in [7, 11) is 0. The van der Waals surface area contributed by atoms with Gasteiger partial charge in [-0.05, 0) is 17.7 Å². The number of nitrogens with zero attached hydrogens (tertiary/aromatic N) is 2. The lowest BCUT2D eigenvalue weighted by Gasteiger charge is -2.06. The fraction of sp³-hybridized carbons (Fsp3) is 0.125. The fourth-order valence-corrected chi connectivity index (χ4v) is 1.92. The van der Waals surface area contributed by atoms with Crippen LogP contribution in [0.5, 0.6) is 5.75 Å². The van der Waals surface area contributed by atoms with E-state index >= 15 is 0 Å². The van der Waals surface area contributed by atoms with E-state index in [1.807, 2.05) is 54.6 Å². The van der Waals surface area contributed by atoms with Crippen LogP contribution in [-0.4, -0.2) is 10.1 Å². The normalized spacial score (nSPS) is 10.5. The number of hydrogen-bond donors (Lipinski definition) is 1. The summed E-state index contributed by atoms with van der Waals surface area (Å²) in [6, 6.07) is 17.6. The lowest BCUT2D eigenvalue weighted by Crippen LogP contribution is -1.96. The van der Waals surface area contributed by atoms with E-state index in [0.717, 1.165) is 16.9 Å². The maximum absolute atomic E-state index is 5.78. The van der Waals surface area contributed by atoms with Crippen molar-refractivity contribution in [2.24, 2.45) is 5.73 Å². The molecule has 0 saturated carbocycles. The molecule has 3 rings (SSSR count). The molecule has 3 aromatic rings. The number of rotatable bonds is 5. The van der Waals surface area contributed by atoms with Gasteiger partial charge in [0, 0.05) is 5.56 Å². The highest BCUT2D eigenvalue weighted by Gasteiger charge is 2.08. The van der Waals surface area contributed by atoms with Crippen molar-refractivity contribution in [1.82, 2.24) is 10.1 Å². The van der Waals surface area contributed by atoms with E-state index in [1.54, 1.807) is 0 Å². The van der Waals surface area contributed by atoms with Gasteiger partial charge < -0.3 is 15.0 Å². The highest BCUT2D eigenvalue weighted by molar-refractivity contribution is 5.56. The van der Waals surface area contributed by atoms with Crippen molar-refractivity contribution in [3.8, 4) is 17.1 Å². The van der Waals surface area contributed by atoms with Crippen LogP contribution >= 0.6 is 0 Å². The summed E-state index contributed by atoms with van der Waals surface area (Å²) in [5.74, 6) is 1.69. The van der Waals surface area contributed by atoms with Crippen molar-refractivity contribution in [2.45, 2.75) is 13.2 Å². The SMILES string of the molecule is NCc1nc(-c2cccc(OCc3ccccc3)c2)no1. The van der Waals surface area contributed by atoms with Gasteiger partial charge in [0.1, 0.15) is 12.4 Å². The summed E-state index contributed by atoms with van der Waals surface area (Å²) < 4.78 is 10.8. The third-order valence-corrected chi connectivity index (χ3v) is 2.98. The van der Waals surface area contributed by atoms with Crippen LogP contribution in [0.25, 0.3) is 11.4 Å². The zero-order valence-electron chi connectivity index (χ0n) is 11.4. The number of hydrogen-bond acceptors (Lipinski definition) is 5. The maximum atomic E-state index is 5.78. The van der Waals surface area contributed by atoms with E-state index in [0.29, 0.717) is 18.3 Å². The first-order valence-electron chi connectivity index (χ1n) is 6.65. The number of aromatic nitrogens is 2. The molecule has 1 aromatic heterocycles. The molecule has 5 nitrogen and oxygen atoms in total. The molecular weight excluding hydrogens is 266 g/mol. The molecule has 0 fully saturated rings. The average molecular weight is 281 g/mol. The molecule has 0 spiro atoms. The van der Waals surface area contributed by atoms with E-state index in [-0.39, 0.29) is 6.54 Å². The maximum Gasteiger partial charge on any atom is 0.240 e. The largest absolute Gasteiger partial charge is 0.489 e. The molecule has 0 aliphatic heterocycles. The Kier molecular flexibility index (Phi) is 3.93. The van der Waals surface area contributed by atoms with Gasteiger partial charge in [-0.3, -0.25) is 0 Å². The molecule has 0 radical (unpaired) electrons. The van der Waals surface area contributed by atoms with Crippen LogP contribution < -0.4 is 10.5 Å². The Morgan fingerprint density at radius 3 is 2.67 bits per heavy atom. The summed E-state index contributed by atoms with van der Waals surface area (Å²) in [5, 5.41) is 3.90. The molecular formula is C16H15N3O2. The van der Waals surface area contributed by atoms with Crippen molar-refractivity contribution in [3.05, 3.63) is 66.1 Å². The Labute approximate surface area is 122 Å². The summed E-state index contributed by atoms with van der Waals surface area (Å²) >= 11 is 0. The van der Waals surface area contributed by atoms with Gasteiger partial charge in [-0.1, -0.05) is 47.6 Å². The van der Waals surface area contributed by atoms with Crippen LogP contribution in [-0.2, 0) is 13.2 Å². The van der Waals surface area contributed by atoms with E-state index in [1.165, 1.54) is 0 Å². The van der Waals surface area contributed by atoms with Crippen molar-refractivity contribution in [3.63, 3.8) is 0 Å². The summed E-state index contributed by atoms with van der Waals surface area (Å²) in [4.78, 5) is 4.20. The number of nitrogens with two attached hydrogens (primary N) is 1. The van der Waals surface area contributed by atoms with Gasteiger partial charge in [0.25, 0.3) is 0 Å². The molecule has 0 amide bonds. The molecule has 0 aliphatic carbocycles. The van der Waals surface area contributed by atoms with Crippen LogP contribution in [0.2, 0.25) is 0 Å². The molecule has 106 valence electrons.